The van der Waals surface area contributed by atoms with Gasteiger partial charge >= 0.3 is 12.2 Å². The molecule has 6 amide bonds. The van der Waals surface area contributed by atoms with Crippen LogP contribution in [0.15, 0.2) is 97.1 Å². The Bertz CT molecular complexity index is 2240. The lowest BCUT2D eigenvalue weighted by Gasteiger charge is -2.39. The van der Waals surface area contributed by atoms with Crippen molar-refractivity contribution < 1.29 is 43.3 Å². The second-order valence-corrected chi connectivity index (χ2v) is 17.1. The summed E-state index contributed by atoms with van der Waals surface area (Å²) in [5.74, 6) is -2.53. The van der Waals surface area contributed by atoms with Crippen molar-refractivity contribution >= 4 is 35.8 Å². The van der Waals surface area contributed by atoms with E-state index in [9.17, 15) is 33.9 Å². The number of carbonyl (C=O) groups excluding carboxylic acids is 6. The Morgan fingerprint density at radius 2 is 1.36 bits per heavy atom. The van der Waals surface area contributed by atoms with Gasteiger partial charge in [-0.25, -0.2) is 9.59 Å². The van der Waals surface area contributed by atoms with Gasteiger partial charge in [-0.1, -0.05) is 84.9 Å². The molecular weight excluding hydrogens is 817 g/mol. The summed E-state index contributed by atoms with van der Waals surface area (Å²) >= 11 is 0. The lowest BCUT2D eigenvalue weighted by Crippen LogP contribution is -2.61. The number of benzene rings is 4. The maximum Gasteiger partial charge on any atom is 0.408 e. The highest BCUT2D eigenvalue weighted by Crippen LogP contribution is 2.27. The zero-order chi connectivity index (χ0) is 46.4. The average molecular weight is 877 g/mol. The lowest BCUT2D eigenvalue weighted by atomic mass is 9.91. The fourth-order valence-corrected chi connectivity index (χ4v) is 7.66. The van der Waals surface area contributed by atoms with Gasteiger partial charge < -0.3 is 46.5 Å². The van der Waals surface area contributed by atoms with Crippen LogP contribution in [0.1, 0.15) is 79.0 Å². The first kappa shape index (κ1) is 48.1. The minimum absolute atomic E-state index is 0.0322. The van der Waals surface area contributed by atoms with Crippen molar-refractivity contribution in [2.45, 2.75) is 116 Å². The molecule has 1 aliphatic heterocycles. The number of nitrogens with one attached hydrogen (secondary N) is 4. The highest BCUT2D eigenvalue weighted by Gasteiger charge is 2.40. The molecule has 0 unspecified atom stereocenters. The van der Waals surface area contributed by atoms with Crippen molar-refractivity contribution in [3.8, 4) is 5.75 Å². The van der Waals surface area contributed by atoms with Gasteiger partial charge in [0.05, 0.1) is 0 Å². The van der Waals surface area contributed by atoms with Crippen molar-refractivity contribution in [3.63, 3.8) is 0 Å². The number of amides is 6. The fourth-order valence-electron chi connectivity index (χ4n) is 7.66. The number of alkyl carbamates (subject to hydrolysis) is 2. The van der Waals surface area contributed by atoms with Crippen LogP contribution in [0.2, 0.25) is 0 Å². The Morgan fingerprint density at radius 3 is 1.98 bits per heavy atom. The number of phenolic OH excluding ortho intramolecular Hbond substituents is 1. The van der Waals surface area contributed by atoms with Gasteiger partial charge in [0, 0.05) is 32.4 Å². The summed E-state index contributed by atoms with van der Waals surface area (Å²) in [6, 6.07) is 24.3. The number of ether oxygens (including phenoxy) is 2. The zero-order valence-electron chi connectivity index (χ0n) is 37.1. The van der Waals surface area contributed by atoms with Crippen LogP contribution < -0.4 is 27.0 Å². The Hall–Kier alpha value is -6.90. The number of aromatic hydroxyl groups is 1. The molecule has 15 nitrogen and oxygen atoms in total. The van der Waals surface area contributed by atoms with E-state index in [1.165, 1.54) is 4.90 Å². The molecule has 4 aromatic carbocycles. The Balaban J connectivity index is 1.34. The third kappa shape index (κ3) is 14.3. The monoisotopic (exact) mass is 876 g/mol. The van der Waals surface area contributed by atoms with Gasteiger partial charge in [0.2, 0.25) is 23.6 Å². The van der Waals surface area contributed by atoms with Gasteiger partial charge in [-0.05, 0) is 105 Å². The number of nitrogens with two attached hydrogens (primary N) is 1. The van der Waals surface area contributed by atoms with Crippen LogP contribution >= 0.6 is 0 Å². The van der Waals surface area contributed by atoms with E-state index >= 15 is 0 Å². The first-order valence-corrected chi connectivity index (χ1v) is 21.5. The van der Waals surface area contributed by atoms with Crippen LogP contribution in [0.4, 0.5) is 9.59 Å². The highest BCUT2D eigenvalue weighted by atomic mass is 16.6. The van der Waals surface area contributed by atoms with Gasteiger partial charge in [-0.15, -0.1) is 0 Å². The van der Waals surface area contributed by atoms with Gasteiger partial charge in [0.25, 0.3) is 0 Å². The molecule has 64 heavy (non-hydrogen) atoms. The third-order valence-corrected chi connectivity index (χ3v) is 10.9. The van der Waals surface area contributed by atoms with Crippen LogP contribution in [0, 0.1) is 13.8 Å². The number of unbranched alkanes of at least 4 members (excludes halogenated alkanes) is 1. The molecule has 4 atom stereocenters. The van der Waals surface area contributed by atoms with Gasteiger partial charge in [-0.2, -0.15) is 0 Å². The maximum atomic E-state index is 14.9. The molecule has 4 aromatic rings. The number of fused-ring (bicyclic) bond motifs is 1. The Labute approximate surface area is 374 Å². The van der Waals surface area contributed by atoms with Crippen molar-refractivity contribution in [1.29, 1.82) is 0 Å². The summed E-state index contributed by atoms with van der Waals surface area (Å²) in [5, 5.41) is 21.3. The summed E-state index contributed by atoms with van der Waals surface area (Å²) in [7, 11) is 0. The summed E-state index contributed by atoms with van der Waals surface area (Å²) < 4.78 is 10.8. The first-order chi connectivity index (χ1) is 30.5. The van der Waals surface area contributed by atoms with Crippen LogP contribution in [-0.4, -0.2) is 82.1 Å². The standard InChI is InChI=1S/C49H60N6O9/c1-31-24-37(56)25-32(2)38(31)28-41(54-48(62)64-49(3,4)5)46(60)55-29-36-21-13-12-20-35(36)27-42(55)45(59)53-40(26-33-16-8-6-9-17-33)44(58)52-39(43(50)57)22-14-15-23-51-47(61)63-30-34-18-10-7-11-19-34/h6-13,16-21,24-25,39-42,56H,14-15,22-23,26-30H2,1-5H3,(H2,50,57)(H,51,61)(H,52,58)(H,53,59)(H,54,62)/t39-,40-,41-,42-/m0/s1. The minimum atomic E-state index is -1.19. The second kappa shape index (κ2) is 22.5. The molecule has 0 saturated carbocycles. The Morgan fingerprint density at radius 1 is 0.750 bits per heavy atom. The van der Waals surface area contributed by atoms with Crippen molar-refractivity contribution in [2.24, 2.45) is 5.73 Å². The van der Waals surface area contributed by atoms with Crippen LogP contribution in [0.5, 0.6) is 5.75 Å². The van der Waals surface area contributed by atoms with E-state index in [4.69, 9.17) is 15.2 Å². The number of hydrogen-bond donors (Lipinski definition) is 6. The van der Waals surface area contributed by atoms with Crippen molar-refractivity contribution in [2.75, 3.05) is 6.54 Å². The molecule has 15 heteroatoms. The number of phenols is 1. The van der Waals surface area contributed by atoms with Gasteiger partial charge in [-0.3, -0.25) is 19.2 Å². The smallest absolute Gasteiger partial charge is 0.408 e. The van der Waals surface area contributed by atoms with Crippen LogP contribution in [-0.2, 0) is 61.1 Å². The number of nitrogens with zero attached hydrogens (tertiary/aromatic N) is 1. The van der Waals surface area contributed by atoms with E-state index in [0.717, 1.165) is 27.8 Å². The zero-order valence-corrected chi connectivity index (χ0v) is 37.1. The van der Waals surface area contributed by atoms with Crippen LogP contribution in [0.3, 0.4) is 0 Å². The van der Waals surface area contributed by atoms with Crippen molar-refractivity contribution in [3.05, 3.63) is 136 Å². The normalized spacial score (nSPS) is 14.8. The topological polar surface area (TPSA) is 218 Å². The molecule has 0 saturated heterocycles. The third-order valence-electron chi connectivity index (χ3n) is 10.9. The second-order valence-electron chi connectivity index (χ2n) is 17.1. The number of hydrogen-bond acceptors (Lipinski definition) is 9. The SMILES string of the molecule is Cc1cc(O)cc(C)c1C[C@H](NC(=O)OC(C)(C)C)C(=O)N1Cc2ccccc2C[C@H]1C(=O)N[C@@H](Cc1ccccc1)C(=O)N[C@@H](CCCCNC(=O)OCc1ccccc1)C(N)=O. The van der Waals surface area contributed by atoms with E-state index in [1.54, 1.807) is 58.9 Å². The molecule has 340 valence electrons. The molecule has 0 radical (unpaired) electrons. The predicted octanol–water partition coefficient (Wildman–Crippen LogP) is 5.19. The minimum Gasteiger partial charge on any atom is -0.508 e. The molecule has 1 heterocycles. The van der Waals surface area contributed by atoms with E-state index in [2.05, 4.69) is 21.3 Å². The maximum absolute atomic E-state index is 14.9. The first-order valence-electron chi connectivity index (χ1n) is 21.5. The Kier molecular flexibility index (Phi) is 16.9. The number of carbonyl (C=O) groups is 6. The molecule has 5 rings (SSSR count). The number of aryl methyl sites for hydroxylation is 2. The molecular formula is C49H60N6O9. The van der Waals surface area contributed by atoms with E-state index in [1.807, 2.05) is 72.8 Å². The largest absolute Gasteiger partial charge is 0.508 e. The van der Waals surface area contributed by atoms with Gasteiger partial charge in [0.1, 0.15) is 42.1 Å². The molecule has 0 spiro atoms. The van der Waals surface area contributed by atoms with E-state index < -0.39 is 65.6 Å². The lowest BCUT2D eigenvalue weighted by molar-refractivity contribution is -0.144. The summed E-state index contributed by atoms with van der Waals surface area (Å²) in [4.78, 5) is 83.2. The molecule has 0 aliphatic carbocycles. The number of rotatable bonds is 18. The molecule has 0 aromatic heterocycles. The quantitative estimate of drug-likeness (QED) is 0.0724. The summed E-state index contributed by atoms with van der Waals surface area (Å²) in [6.45, 7) is 9.15. The average Bonchev–Trinajstić information content (AvgIpc) is 3.24. The molecule has 0 bridgehead atoms. The van der Waals surface area contributed by atoms with Crippen molar-refractivity contribution in [1.82, 2.24) is 26.2 Å². The summed E-state index contributed by atoms with van der Waals surface area (Å²) in [6.07, 6.45) is -0.149. The van der Waals surface area contributed by atoms with E-state index in [0.29, 0.717) is 24.0 Å². The molecule has 7 N–H and O–H groups in total. The highest BCUT2D eigenvalue weighted by molar-refractivity contribution is 5.96. The van der Waals surface area contributed by atoms with Crippen LogP contribution in [0.25, 0.3) is 0 Å². The summed E-state index contributed by atoms with van der Waals surface area (Å²) in [5.41, 5.74) is 10.3. The molecule has 0 fully saturated rings. The molecule has 1 aliphatic rings. The van der Waals surface area contributed by atoms with E-state index in [-0.39, 0.29) is 51.1 Å². The van der Waals surface area contributed by atoms with Gasteiger partial charge in [0.15, 0.2) is 0 Å². The fraction of sp³-hybridized carbons (Fsp3) is 0.388. The number of primary amides is 1. The predicted molar refractivity (Wildman–Crippen MR) is 241 cm³/mol.